The van der Waals surface area contributed by atoms with E-state index in [9.17, 15) is 14.7 Å². The topological polar surface area (TPSA) is 74.4 Å². The van der Waals surface area contributed by atoms with Crippen LogP contribution in [0.1, 0.15) is 6.42 Å². The molecule has 9 heteroatoms. The molecule has 1 fully saturated rings. The Labute approximate surface area is 156 Å². The summed E-state index contributed by atoms with van der Waals surface area (Å²) in [6.07, 6.45) is 4.34. The minimum absolute atomic E-state index is 0.0279. The number of thioether (sulfide) groups is 2. The minimum atomic E-state index is -1.05. The van der Waals surface area contributed by atoms with Gasteiger partial charge in [0.25, 0.3) is 0 Å². The zero-order valence-corrected chi connectivity index (χ0v) is 15.7. The molecule has 2 aliphatic heterocycles. The predicted molar refractivity (Wildman–Crippen MR) is 97.0 cm³/mol. The number of pyridine rings is 1. The molecule has 1 atom stereocenters. The number of nitrogens with zero attached hydrogens (tertiary/aromatic N) is 3. The fraction of sp³-hybridized carbons (Fsp3) is 0.250. The molecule has 25 heavy (non-hydrogen) atoms. The molecule has 0 unspecified atom stereocenters. The number of amides is 1. The molecule has 0 saturated carbocycles. The molecule has 0 bridgehead atoms. The Kier molecular flexibility index (Phi) is 4.30. The number of aromatic nitrogens is 2. The molecule has 128 valence electrons. The summed E-state index contributed by atoms with van der Waals surface area (Å²) >= 11 is 4.44. The largest absolute Gasteiger partial charge is 0.477 e. The number of hydrogen-bond donors (Lipinski definition) is 1. The maximum absolute atomic E-state index is 11.8. The van der Waals surface area contributed by atoms with Crippen LogP contribution in [0.3, 0.4) is 0 Å². The Hall–Kier alpha value is -1.84. The van der Waals surface area contributed by atoms with E-state index in [4.69, 9.17) is 0 Å². The number of hydrogen-bond acceptors (Lipinski definition) is 6. The minimum Gasteiger partial charge on any atom is -0.477 e. The molecule has 1 amide bonds. The Morgan fingerprint density at radius 3 is 2.88 bits per heavy atom. The van der Waals surface area contributed by atoms with Crippen molar-refractivity contribution in [2.45, 2.75) is 16.1 Å². The van der Waals surface area contributed by atoms with Crippen molar-refractivity contribution in [1.29, 1.82) is 0 Å². The number of aliphatic carboxylic acids is 1. The second kappa shape index (κ2) is 6.47. The standard InChI is InChI=1S/C16H13N3O3S3/c1-18-4-2-9(3-5-18)10-7-24-16(17-10)25-11-8-23-13-6-12(20)19(13)14(11)15(21)22/h2-5,7,13H,6,8H2,1H3/p+1/t13-/m1/s1. The summed E-state index contributed by atoms with van der Waals surface area (Å²) in [4.78, 5) is 30.1. The van der Waals surface area contributed by atoms with Crippen LogP contribution in [0.4, 0.5) is 0 Å². The van der Waals surface area contributed by atoms with Gasteiger partial charge in [0.15, 0.2) is 16.7 Å². The Morgan fingerprint density at radius 1 is 1.44 bits per heavy atom. The third-order valence-corrected chi connectivity index (χ3v) is 7.41. The summed E-state index contributed by atoms with van der Waals surface area (Å²) in [5.41, 5.74) is 2.00. The number of carboxylic acid groups (broad SMARTS) is 1. The van der Waals surface area contributed by atoms with E-state index in [2.05, 4.69) is 4.98 Å². The lowest BCUT2D eigenvalue weighted by Crippen LogP contribution is -2.53. The lowest BCUT2D eigenvalue weighted by atomic mass is 10.1. The lowest BCUT2D eigenvalue weighted by molar-refractivity contribution is -0.671. The number of carbonyl (C=O) groups is 2. The van der Waals surface area contributed by atoms with Crippen LogP contribution in [0.25, 0.3) is 11.3 Å². The first-order valence-electron chi connectivity index (χ1n) is 7.52. The maximum Gasteiger partial charge on any atom is 0.353 e. The van der Waals surface area contributed by atoms with Gasteiger partial charge in [-0.2, -0.15) is 0 Å². The third-order valence-electron chi connectivity index (χ3n) is 3.99. The fourth-order valence-corrected chi connectivity index (χ4v) is 6.06. The van der Waals surface area contributed by atoms with E-state index in [0.29, 0.717) is 17.1 Å². The lowest BCUT2D eigenvalue weighted by Gasteiger charge is -2.43. The highest BCUT2D eigenvalue weighted by molar-refractivity contribution is 8.07. The summed E-state index contributed by atoms with van der Waals surface area (Å²) in [5, 5.41) is 11.5. The molecule has 0 aromatic carbocycles. The predicted octanol–water partition coefficient (Wildman–Crippen LogP) is 2.33. The van der Waals surface area contributed by atoms with E-state index in [1.165, 1.54) is 28.0 Å². The van der Waals surface area contributed by atoms with Crippen LogP contribution in [-0.4, -0.2) is 38.0 Å². The van der Waals surface area contributed by atoms with Crippen molar-refractivity contribution in [2.75, 3.05) is 5.75 Å². The molecule has 1 N–H and O–H groups in total. The van der Waals surface area contributed by atoms with Crippen molar-refractivity contribution < 1.29 is 19.3 Å². The van der Waals surface area contributed by atoms with Crippen LogP contribution in [0.2, 0.25) is 0 Å². The molecule has 0 spiro atoms. The number of carbonyl (C=O) groups excluding carboxylic acids is 1. The first-order valence-corrected chi connectivity index (χ1v) is 10.3. The Morgan fingerprint density at radius 2 is 2.20 bits per heavy atom. The van der Waals surface area contributed by atoms with Gasteiger partial charge in [0, 0.05) is 33.7 Å². The molecule has 4 heterocycles. The molecule has 2 aromatic heterocycles. The average Bonchev–Trinajstić information content (AvgIpc) is 3.04. The SMILES string of the molecule is C[n+]1ccc(-c2csc(SC3=C(C(=O)O)N4C(=O)C[C@H]4SC3)n2)cc1. The van der Waals surface area contributed by atoms with Crippen molar-refractivity contribution in [3.63, 3.8) is 0 Å². The zero-order chi connectivity index (χ0) is 17.6. The van der Waals surface area contributed by atoms with E-state index < -0.39 is 5.97 Å². The van der Waals surface area contributed by atoms with Gasteiger partial charge < -0.3 is 5.11 Å². The third kappa shape index (κ3) is 3.07. The fourth-order valence-electron chi connectivity index (χ4n) is 2.68. The second-order valence-electron chi connectivity index (χ2n) is 5.66. The van der Waals surface area contributed by atoms with Crippen molar-refractivity contribution >= 4 is 46.7 Å². The van der Waals surface area contributed by atoms with Crippen molar-refractivity contribution in [2.24, 2.45) is 7.05 Å². The smallest absolute Gasteiger partial charge is 0.353 e. The van der Waals surface area contributed by atoms with Gasteiger partial charge in [-0.1, -0.05) is 11.8 Å². The molecule has 4 rings (SSSR count). The van der Waals surface area contributed by atoms with Gasteiger partial charge in [-0.25, -0.2) is 14.3 Å². The molecular formula is C16H14N3O3S3+. The van der Waals surface area contributed by atoms with Gasteiger partial charge in [0.05, 0.1) is 17.5 Å². The zero-order valence-electron chi connectivity index (χ0n) is 13.2. The molecule has 1 saturated heterocycles. The molecule has 6 nitrogen and oxygen atoms in total. The van der Waals surface area contributed by atoms with E-state index in [1.54, 1.807) is 11.8 Å². The van der Waals surface area contributed by atoms with E-state index >= 15 is 0 Å². The highest BCUT2D eigenvalue weighted by Gasteiger charge is 2.45. The van der Waals surface area contributed by atoms with E-state index in [-0.39, 0.29) is 17.0 Å². The van der Waals surface area contributed by atoms with Crippen molar-refractivity contribution in [3.8, 4) is 11.3 Å². The number of aryl methyl sites for hydroxylation is 1. The summed E-state index contributed by atoms with van der Waals surface area (Å²) in [7, 11) is 1.96. The van der Waals surface area contributed by atoms with Gasteiger partial charge in [0.1, 0.15) is 12.7 Å². The number of fused-ring (bicyclic) bond motifs is 1. The van der Waals surface area contributed by atoms with Gasteiger partial charge >= 0.3 is 5.97 Å². The molecule has 2 aliphatic rings. The number of carboxylic acids is 1. The van der Waals surface area contributed by atoms with E-state index in [1.807, 2.05) is 41.5 Å². The normalized spacial score (nSPS) is 19.6. The van der Waals surface area contributed by atoms with Crippen LogP contribution in [0.5, 0.6) is 0 Å². The number of β-lactam (4-membered cyclic amide) rings is 1. The van der Waals surface area contributed by atoms with E-state index in [0.717, 1.165) is 15.6 Å². The highest BCUT2D eigenvalue weighted by atomic mass is 32.2. The van der Waals surface area contributed by atoms with Gasteiger partial charge in [-0.3, -0.25) is 9.69 Å². The van der Waals surface area contributed by atoms with Crippen LogP contribution in [0, 0.1) is 0 Å². The number of rotatable bonds is 4. The summed E-state index contributed by atoms with van der Waals surface area (Å²) < 4.78 is 2.74. The van der Waals surface area contributed by atoms with Crippen molar-refractivity contribution in [1.82, 2.24) is 9.88 Å². The van der Waals surface area contributed by atoms with Gasteiger partial charge in [-0.15, -0.1) is 23.1 Å². The molecule has 0 radical (unpaired) electrons. The highest BCUT2D eigenvalue weighted by Crippen LogP contribution is 2.45. The van der Waals surface area contributed by atoms with Gasteiger partial charge in [-0.05, 0) is 0 Å². The van der Waals surface area contributed by atoms with Crippen LogP contribution in [0.15, 0.2) is 44.8 Å². The summed E-state index contributed by atoms with van der Waals surface area (Å²) in [5.74, 6) is -0.575. The first kappa shape index (κ1) is 16.6. The quantitative estimate of drug-likeness (QED) is 0.636. The van der Waals surface area contributed by atoms with Crippen LogP contribution in [-0.2, 0) is 16.6 Å². The Bertz CT molecular complexity index is 892. The van der Waals surface area contributed by atoms with Crippen LogP contribution < -0.4 is 4.57 Å². The number of thiazole rings is 1. The first-order chi connectivity index (χ1) is 12.0. The van der Waals surface area contributed by atoms with Crippen LogP contribution >= 0.6 is 34.9 Å². The Balaban J connectivity index is 1.61. The molecule has 0 aliphatic carbocycles. The summed E-state index contributed by atoms with van der Waals surface area (Å²) in [6, 6.07) is 3.98. The maximum atomic E-state index is 11.8. The van der Waals surface area contributed by atoms with Gasteiger partial charge in [0.2, 0.25) is 5.91 Å². The molecule has 2 aromatic rings. The summed E-state index contributed by atoms with van der Waals surface area (Å²) in [6.45, 7) is 0. The van der Waals surface area contributed by atoms with Crippen molar-refractivity contribution in [3.05, 3.63) is 40.5 Å². The monoisotopic (exact) mass is 392 g/mol. The molecular weight excluding hydrogens is 378 g/mol. The average molecular weight is 393 g/mol. The second-order valence-corrected chi connectivity index (χ2v) is 9.03.